The molecule has 98 valence electrons. The molecule has 2 aromatic carbocycles. The second kappa shape index (κ2) is 6.25. The van der Waals surface area contributed by atoms with Crippen molar-refractivity contribution in [2.75, 3.05) is 6.54 Å². The fraction of sp³-hybridized carbons (Fsp3) is 0.125. The molecular weight excluding hydrogens is 244 g/mol. The van der Waals surface area contributed by atoms with E-state index in [4.69, 9.17) is 5.73 Å². The van der Waals surface area contributed by atoms with Gasteiger partial charge in [0.1, 0.15) is 11.6 Å². The van der Waals surface area contributed by atoms with Crippen LogP contribution in [0.3, 0.4) is 0 Å². The van der Waals surface area contributed by atoms with Gasteiger partial charge in [0, 0.05) is 0 Å². The van der Waals surface area contributed by atoms with Crippen molar-refractivity contribution in [3.8, 4) is 0 Å². The smallest absolute Gasteiger partial charge is 0.123 e. The minimum atomic E-state index is -0.277. The molecule has 0 bridgehead atoms. The predicted molar refractivity (Wildman–Crippen MR) is 73.6 cm³/mol. The Bertz CT molecular complexity index is 509. The summed E-state index contributed by atoms with van der Waals surface area (Å²) in [6.45, 7) is 0.534. The molecule has 2 rings (SSSR count). The molecule has 0 aliphatic rings. The van der Waals surface area contributed by atoms with E-state index in [1.807, 2.05) is 6.08 Å². The maximum absolute atomic E-state index is 13.0. The van der Waals surface area contributed by atoms with Crippen LogP contribution >= 0.6 is 0 Å². The van der Waals surface area contributed by atoms with Crippen LogP contribution < -0.4 is 5.73 Å². The number of nitrogens with two attached hydrogens (primary N) is 1. The van der Waals surface area contributed by atoms with Gasteiger partial charge in [0.05, 0.1) is 0 Å². The summed E-state index contributed by atoms with van der Waals surface area (Å²) in [4.78, 5) is 0. The van der Waals surface area contributed by atoms with E-state index in [2.05, 4.69) is 0 Å². The van der Waals surface area contributed by atoms with E-state index < -0.39 is 0 Å². The van der Waals surface area contributed by atoms with Crippen molar-refractivity contribution in [3.63, 3.8) is 0 Å². The zero-order chi connectivity index (χ0) is 13.7. The number of hydrogen-bond donors (Lipinski definition) is 1. The van der Waals surface area contributed by atoms with Crippen molar-refractivity contribution in [1.82, 2.24) is 0 Å². The quantitative estimate of drug-likeness (QED) is 0.889. The fourth-order valence-electron chi connectivity index (χ4n) is 1.89. The molecule has 0 unspecified atom stereocenters. The van der Waals surface area contributed by atoms with Crippen LogP contribution in [0.5, 0.6) is 0 Å². The largest absolute Gasteiger partial charge is 0.330 e. The van der Waals surface area contributed by atoms with Gasteiger partial charge in [-0.25, -0.2) is 8.78 Å². The first-order valence-electron chi connectivity index (χ1n) is 6.13. The standard InChI is InChI=1S/C16H15F2N/c17-14-7-3-12(4-8-14)16(2-1-11-19)13-5-9-15(18)10-6-13/h2-10H,1,11,19H2. The summed E-state index contributed by atoms with van der Waals surface area (Å²) in [5.74, 6) is -0.554. The van der Waals surface area contributed by atoms with E-state index in [0.29, 0.717) is 13.0 Å². The zero-order valence-corrected chi connectivity index (χ0v) is 10.4. The Morgan fingerprint density at radius 2 is 1.26 bits per heavy atom. The zero-order valence-electron chi connectivity index (χ0n) is 10.4. The van der Waals surface area contributed by atoms with Gasteiger partial charge in [-0.3, -0.25) is 0 Å². The lowest BCUT2D eigenvalue weighted by atomic mass is 9.97. The van der Waals surface area contributed by atoms with Crippen LogP contribution in [0.4, 0.5) is 8.78 Å². The minimum absolute atomic E-state index is 0.277. The first kappa shape index (κ1) is 13.4. The molecule has 19 heavy (non-hydrogen) atoms. The number of hydrogen-bond acceptors (Lipinski definition) is 1. The normalized spacial score (nSPS) is 10.3. The van der Waals surface area contributed by atoms with Gasteiger partial charge < -0.3 is 5.73 Å². The summed E-state index contributed by atoms with van der Waals surface area (Å²) < 4.78 is 25.9. The molecule has 0 saturated heterocycles. The Hall–Kier alpha value is -2.00. The van der Waals surface area contributed by atoms with E-state index in [9.17, 15) is 8.78 Å². The van der Waals surface area contributed by atoms with E-state index in [-0.39, 0.29) is 11.6 Å². The van der Waals surface area contributed by atoms with Gasteiger partial charge in [-0.1, -0.05) is 30.3 Å². The van der Waals surface area contributed by atoms with Crippen LogP contribution in [0.15, 0.2) is 54.6 Å². The van der Waals surface area contributed by atoms with Gasteiger partial charge in [0.15, 0.2) is 0 Å². The van der Waals surface area contributed by atoms with E-state index in [0.717, 1.165) is 16.7 Å². The van der Waals surface area contributed by atoms with Crippen LogP contribution in [-0.4, -0.2) is 6.54 Å². The summed E-state index contributed by atoms with van der Waals surface area (Å²) in [6.07, 6.45) is 2.70. The third kappa shape index (κ3) is 3.48. The Kier molecular flexibility index (Phi) is 4.42. The molecule has 0 heterocycles. The van der Waals surface area contributed by atoms with E-state index in [1.165, 1.54) is 24.3 Å². The Morgan fingerprint density at radius 3 is 1.63 bits per heavy atom. The van der Waals surface area contributed by atoms with Gasteiger partial charge >= 0.3 is 0 Å². The first-order valence-corrected chi connectivity index (χ1v) is 6.13. The molecule has 0 aromatic heterocycles. The monoisotopic (exact) mass is 259 g/mol. The third-order valence-corrected chi connectivity index (χ3v) is 2.83. The SMILES string of the molecule is NCCC=C(c1ccc(F)cc1)c1ccc(F)cc1. The lowest BCUT2D eigenvalue weighted by molar-refractivity contribution is 0.627. The molecule has 2 aromatic rings. The maximum Gasteiger partial charge on any atom is 0.123 e. The molecule has 2 N–H and O–H groups in total. The summed E-state index contributed by atoms with van der Waals surface area (Å²) in [5, 5.41) is 0. The average Bonchev–Trinajstić information content (AvgIpc) is 2.43. The fourth-order valence-corrected chi connectivity index (χ4v) is 1.89. The molecule has 0 spiro atoms. The van der Waals surface area contributed by atoms with E-state index in [1.54, 1.807) is 24.3 Å². The molecule has 0 saturated carbocycles. The minimum Gasteiger partial charge on any atom is -0.330 e. The second-order valence-electron chi connectivity index (χ2n) is 4.21. The Labute approximate surface area is 111 Å². The summed E-state index contributed by atoms with van der Waals surface area (Å²) in [6, 6.07) is 12.5. The highest BCUT2D eigenvalue weighted by Gasteiger charge is 2.05. The first-order chi connectivity index (χ1) is 9.20. The van der Waals surface area contributed by atoms with Crippen molar-refractivity contribution >= 4 is 5.57 Å². The van der Waals surface area contributed by atoms with Crippen molar-refractivity contribution < 1.29 is 8.78 Å². The van der Waals surface area contributed by atoms with Crippen molar-refractivity contribution in [2.24, 2.45) is 5.73 Å². The summed E-state index contributed by atoms with van der Waals surface area (Å²) in [5.41, 5.74) is 8.23. The summed E-state index contributed by atoms with van der Waals surface area (Å²) >= 11 is 0. The highest BCUT2D eigenvalue weighted by atomic mass is 19.1. The lowest BCUT2D eigenvalue weighted by Gasteiger charge is -2.09. The van der Waals surface area contributed by atoms with Crippen molar-refractivity contribution in [3.05, 3.63) is 77.4 Å². The molecular formula is C16H15F2N. The lowest BCUT2D eigenvalue weighted by Crippen LogP contribution is -1.97. The van der Waals surface area contributed by atoms with E-state index >= 15 is 0 Å². The molecule has 0 radical (unpaired) electrons. The van der Waals surface area contributed by atoms with Crippen LogP contribution in [0, 0.1) is 11.6 Å². The Balaban J connectivity index is 2.41. The van der Waals surface area contributed by atoms with Crippen LogP contribution in [0.1, 0.15) is 17.5 Å². The Morgan fingerprint density at radius 1 is 0.842 bits per heavy atom. The van der Waals surface area contributed by atoms with Gasteiger partial charge in [-0.05, 0) is 53.9 Å². The molecule has 0 aliphatic heterocycles. The van der Waals surface area contributed by atoms with Gasteiger partial charge in [0.25, 0.3) is 0 Å². The molecule has 0 fully saturated rings. The van der Waals surface area contributed by atoms with Crippen molar-refractivity contribution in [1.29, 1.82) is 0 Å². The maximum atomic E-state index is 13.0. The average molecular weight is 259 g/mol. The molecule has 0 amide bonds. The summed E-state index contributed by atoms with van der Waals surface area (Å²) in [7, 11) is 0. The van der Waals surface area contributed by atoms with Gasteiger partial charge in [-0.15, -0.1) is 0 Å². The molecule has 0 atom stereocenters. The molecule has 3 heteroatoms. The van der Waals surface area contributed by atoms with Crippen LogP contribution in [0.25, 0.3) is 5.57 Å². The second-order valence-corrected chi connectivity index (χ2v) is 4.21. The highest BCUT2D eigenvalue weighted by Crippen LogP contribution is 2.24. The predicted octanol–water partition coefficient (Wildman–Crippen LogP) is 3.75. The highest BCUT2D eigenvalue weighted by molar-refractivity contribution is 5.79. The van der Waals surface area contributed by atoms with Crippen molar-refractivity contribution in [2.45, 2.75) is 6.42 Å². The van der Waals surface area contributed by atoms with Crippen LogP contribution in [0.2, 0.25) is 0 Å². The van der Waals surface area contributed by atoms with Gasteiger partial charge in [-0.2, -0.15) is 0 Å². The van der Waals surface area contributed by atoms with Gasteiger partial charge in [0.2, 0.25) is 0 Å². The molecule has 0 aliphatic carbocycles. The number of benzene rings is 2. The van der Waals surface area contributed by atoms with Crippen LogP contribution in [-0.2, 0) is 0 Å². The molecule has 1 nitrogen and oxygen atoms in total. The number of halogens is 2. The third-order valence-electron chi connectivity index (χ3n) is 2.83. The number of rotatable bonds is 4. The topological polar surface area (TPSA) is 26.0 Å².